The number of rotatable bonds is 6. The van der Waals surface area contributed by atoms with Gasteiger partial charge in [0.05, 0.1) is 6.54 Å². The highest BCUT2D eigenvalue weighted by atomic mass is 19.1. The number of benzene rings is 2. The second-order valence-corrected chi connectivity index (χ2v) is 8.16. The van der Waals surface area contributed by atoms with E-state index < -0.39 is 0 Å². The summed E-state index contributed by atoms with van der Waals surface area (Å²) in [5, 5.41) is 7.42. The van der Waals surface area contributed by atoms with Gasteiger partial charge in [-0.15, -0.1) is 0 Å². The van der Waals surface area contributed by atoms with E-state index in [4.69, 9.17) is 0 Å². The molecule has 2 heterocycles. The summed E-state index contributed by atoms with van der Waals surface area (Å²) < 4.78 is 17.6. The number of nitrogens with one attached hydrogen (secondary N) is 1. The molecule has 5 rings (SSSR count). The van der Waals surface area contributed by atoms with Crippen molar-refractivity contribution in [2.45, 2.75) is 32.4 Å². The fourth-order valence-electron chi connectivity index (χ4n) is 4.26. The van der Waals surface area contributed by atoms with E-state index in [2.05, 4.69) is 10.4 Å². The molecule has 6 nitrogen and oxygen atoms in total. The minimum atomic E-state index is -0.362. The van der Waals surface area contributed by atoms with Gasteiger partial charge >= 0.3 is 0 Å². The van der Waals surface area contributed by atoms with Crippen molar-refractivity contribution in [3.05, 3.63) is 117 Å². The normalized spacial score (nSPS) is 12.5. The summed E-state index contributed by atoms with van der Waals surface area (Å²) in [5.41, 5.74) is 4.44. The van der Waals surface area contributed by atoms with Gasteiger partial charge in [-0.1, -0.05) is 42.5 Å². The Hall–Kier alpha value is -4.00. The van der Waals surface area contributed by atoms with Crippen LogP contribution < -0.4 is 10.9 Å². The fourth-order valence-corrected chi connectivity index (χ4v) is 4.26. The largest absolute Gasteiger partial charge is 0.347 e. The van der Waals surface area contributed by atoms with E-state index in [1.807, 2.05) is 30.3 Å². The average Bonchev–Trinajstić information content (AvgIpc) is 3.44. The Morgan fingerprint density at radius 3 is 2.52 bits per heavy atom. The number of aromatic nitrogens is 3. The maximum atomic E-state index is 14.3. The van der Waals surface area contributed by atoms with Gasteiger partial charge in [0.15, 0.2) is 5.69 Å². The first kappa shape index (κ1) is 20.9. The zero-order chi connectivity index (χ0) is 22.8. The van der Waals surface area contributed by atoms with E-state index in [1.165, 1.54) is 12.1 Å². The molecule has 7 heteroatoms. The summed E-state index contributed by atoms with van der Waals surface area (Å²) in [6.45, 7) is 0.845. The number of para-hydroxylation sites is 1. The van der Waals surface area contributed by atoms with Gasteiger partial charge < -0.3 is 9.88 Å². The molecule has 0 saturated carbocycles. The molecule has 1 aliphatic carbocycles. The Morgan fingerprint density at radius 1 is 0.970 bits per heavy atom. The molecule has 0 fully saturated rings. The van der Waals surface area contributed by atoms with E-state index in [1.54, 1.807) is 39.7 Å². The molecular weight excluding hydrogens is 419 g/mol. The molecular formula is C26H23FN4O2. The highest BCUT2D eigenvalue weighted by Gasteiger charge is 2.27. The smallest absolute Gasteiger partial charge is 0.272 e. The third-order valence-corrected chi connectivity index (χ3v) is 5.95. The van der Waals surface area contributed by atoms with Crippen LogP contribution >= 0.6 is 0 Å². The topological polar surface area (TPSA) is 68.9 Å². The summed E-state index contributed by atoms with van der Waals surface area (Å²) in [6.07, 6.45) is 4.22. The van der Waals surface area contributed by atoms with Gasteiger partial charge in [0.25, 0.3) is 11.5 Å². The molecule has 1 aliphatic rings. The molecule has 0 saturated heterocycles. The summed E-state index contributed by atoms with van der Waals surface area (Å²) >= 11 is 0. The number of pyridine rings is 1. The Kier molecular flexibility index (Phi) is 5.60. The van der Waals surface area contributed by atoms with E-state index in [0.29, 0.717) is 24.5 Å². The van der Waals surface area contributed by atoms with Gasteiger partial charge in [0.1, 0.15) is 11.5 Å². The molecule has 2 aromatic heterocycles. The quantitative estimate of drug-likeness (QED) is 0.496. The second kappa shape index (κ2) is 8.86. The van der Waals surface area contributed by atoms with Crippen LogP contribution in [0.3, 0.4) is 0 Å². The number of hydrogen-bond acceptors (Lipinski definition) is 3. The molecule has 0 radical (unpaired) electrons. The SMILES string of the molecule is O=C(NCc1ccc(Cn2ccccc2=O)cc1)c1nn(-c2ccccc2F)c2c1CCC2. The Morgan fingerprint density at radius 2 is 1.73 bits per heavy atom. The zero-order valence-electron chi connectivity index (χ0n) is 18.0. The highest BCUT2D eigenvalue weighted by Crippen LogP contribution is 2.28. The molecule has 0 bridgehead atoms. The average molecular weight is 442 g/mol. The summed E-state index contributed by atoms with van der Waals surface area (Å²) in [6, 6.07) is 19.3. The fraction of sp³-hybridized carbons (Fsp3) is 0.192. The number of halogens is 1. The summed E-state index contributed by atoms with van der Waals surface area (Å²) in [5.74, 6) is -0.623. The molecule has 0 atom stereocenters. The van der Waals surface area contributed by atoms with Crippen LogP contribution in [0.25, 0.3) is 5.69 Å². The Balaban J connectivity index is 1.29. The van der Waals surface area contributed by atoms with E-state index in [-0.39, 0.29) is 17.3 Å². The number of amides is 1. The first-order valence-corrected chi connectivity index (χ1v) is 11.0. The van der Waals surface area contributed by atoms with Gasteiger partial charge in [-0.2, -0.15) is 5.10 Å². The van der Waals surface area contributed by atoms with Gasteiger partial charge in [-0.05, 0) is 48.6 Å². The summed E-state index contributed by atoms with van der Waals surface area (Å²) in [7, 11) is 0. The predicted molar refractivity (Wildman–Crippen MR) is 123 cm³/mol. The lowest BCUT2D eigenvalue weighted by atomic mass is 10.1. The van der Waals surface area contributed by atoms with E-state index >= 15 is 0 Å². The Labute approximate surface area is 190 Å². The van der Waals surface area contributed by atoms with Crippen LogP contribution in [0.4, 0.5) is 4.39 Å². The molecule has 2 aromatic carbocycles. The van der Waals surface area contributed by atoms with E-state index in [0.717, 1.165) is 41.6 Å². The third kappa shape index (κ3) is 4.22. The van der Waals surface area contributed by atoms with Crippen LogP contribution in [-0.2, 0) is 25.9 Å². The molecule has 33 heavy (non-hydrogen) atoms. The molecule has 4 aromatic rings. The first-order chi connectivity index (χ1) is 16.1. The molecule has 0 unspecified atom stereocenters. The van der Waals surface area contributed by atoms with E-state index in [9.17, 15) is 14.0 Å². The van der Waals surface area contributed by atoms with Crippen molar-refractivity contribution in [3.63, 3.8) is 0 Å². The molecule has 0 aliphatic heterocycles. The number of fused-ring (bicyclic) bond motifs is 1. The summed E-state index contributed by atoms with van der Waals surface area (Å²) in [4.78, 5) is 24.8. The lowest BCUT2D eigenvalue weighted by Crippen LogP contribution is -2.24. The van der Waals surface area contributed by atoms with Crippen LogP contribution in [0, 0.1) is 5.82 Å². The molecule has 1 N–H and O–H groups in total. The van der Waals surface area contributed by atoms with Crippen molar-refractivity contribution in [2.24, 2.45) is 0 Å². The number of carbonyl (C=O) groups is 1. The van der Waals surface area contributed by atoms with Crippen LogP contribution in [0.1, 0.15) is 39.3 Å². The van der Waals surface area contributed by atoms with Crippen LogP contribution in [0.5, 0.6) is 0 Å². The number of hydrogen-bond donors (Lipinski definition) is 1. The molecule has 0 spiro atoms. The zero-order valence-corrected chi connectivity index (χ0v) is 18.0. The van der Waals surface area contributed by atoms with Gasteiger partial charge in [-0.3, -0.25) is 9.59 Å². The Bertz CT molecular complexity index is 1370. The lowest BCUT2D eigenvalue weighted by molar-refractivity contribution is 0.0944. The van der Waals surface area contributed by atoms with Crippen molar-refractivity contribution < 1.29 is 9.18 Å². The van der Waals surface area contributed by atoms with Gasteiger partial charge in [0.2, 0.25) is 0 Å². The van der Waals surface area contributed by atoms with Crippen molar-refractivity contribution in [1.82, 2.24) is 19.7 Å². The lowest BCUT2D eigenvalue weighted by Gasteiger charge is -2.08. The minimum Gasteiger partial charge on any atom is -0.347 e. The van der Waals surface area contributed by atoms with Crippen molar-refractivity contribution >= 4 is 5.91 Å². The molecule has 1 amide bonds. The first-order valence-electron chi connectivity index (χ1n) is 11.0. The highest BCUT2D eigenvalue weighted by molar-refractivity contribution is 5.94. The van der Waals surface area contributed by atoms with Crippen molar-refractivity contribution in [3.8, 4) is 5.69 Å². The second-order valence-electron chi connectivity index (χ2n) is 8.16. The number of carbonyl (C=O) groups excluding carboxylic acids is 1. The van der Waals surface area contributed by atoms with Gasteiger partial charge in [-0.25, -0.2) is 9.07 Å². The van der Waals surface area contributed by atoms with Crippen LogP contribution in [0.2, 0.25) is 0 Å². The van der Waals surface area contributed by atoms with Crippen LogP contribution in [0.15, 0.2) is 77.7 Å². The maximum absolute atomic E-state index is 14.3. The van der Waals surface area contributed by atoms with Crippen molar-refractivity contribution in [1.29, 1.82) is 0 Å². The third-order valence-electron chi connectivity index (χ3n) is 5.95. The van der Waals surface area contributed by atoms with Crippen molar-refractivity contribution in [2.75, 3.05) is 0 Å². The number of nitrogens with zero attached hydrogens (tertiary/aromatic N) is 3. The minimum absolute atomic E-state index is 0.0452. The predicted octanol–water partition coefficient (Wildman–Crippen LogP) is 3.64. The maximum Gasteiger partial charge on any atom is 0.272 e. The molecule has 166 valence electrons. The van der Waals surface area contributed by atoms with Gasteiger partial charge in [0, 0.05) is 30.1 Å². The van der Waals surface area contributed by atoms with Crippen LogP contribution in [-0.4, -0.2) is 20.3 Å². The standard InChI is InChI=1S/C26H23FN4O2/c27-21-7-1-2-8-23(21)31-22-9-5-6-20(22)25(29-31)26(33)28-16-18-11-13-19(14-12-18)17-30-15-4-3-10-24(30)32/h1-4,7-8,10-15H,5-6,9,16-17H2,(H,28,33). The monoisotopic (exact) mass is 442 g/mol.